The number of aromatic nitrogens is 1. The van der Waals surface area contributed by atoms with E-state index in [9.17, 15) is 15.2 Å². The average molecular weight is 456 g/mol. The van der Waals surface area contributed by atoms with E-state index in [1.807, 2.05) is 32.2 Å². The molecule has 0 spiro atoms. The standard InChI is InChI=1S/C24H23Cl2N3O2/c1-14-9-16(11-27)10-19-15(2)12-29(23(14)19)13-20-21(25)4-3-18(22(20)26)24(31)28-7-5-17(30)6-8-28/h3-4,9-10,12,17,30H,5-8,13H2,1-2H3. The highest BCUT2D eigenvalue weighted by Gasteiger charge is 2.25. The lowest BCUT2D eigenvalue weighted by molar-refractivity contribution is 0.0546. The number of likely N-dealkylation sites (tertiary alicyclic amines) is 1. The van der Waals surface area contributed by atoms with Gasteiger partial charge in [-0.25, -0.2) is 0 Å². The Morgan fingerprint density at radius 2 is 1.90 bits per heavy atom. The van der Waals surface area contributed by atoms with Crippen molar-refractivity contribution in [3.8, 4) is 6.07 Å². The Balaban J connectivity index is 1.72. The van der Waals surface area contributed by atoms with Crippen LogP contribution < -0.4 is 0 Å². The number of hydrogen-bond acceptors (Lipinski definition) is 3. The highest BCUT2D eigenvalue weighted by molar-refractivity contribution is 6.38. The molecule has 0 radical (unpaired) electrons. The van der Waals surface area contributed by atoms with E-state index in [4.69, 9.17) is 23.2 Å². The van der Waals surface area contributed by atoms with Crippen LogP contribution in [0.1, 0.15) is 45.5 Å². The van der Waals surface area contributed by atoms with Crippen molar-refractivity contribution in [2.24, 2.45) is 0 Å². The number of rotatable bonds is 3. The first-order valence-corrected chi connectivity index (χ1v) is 11.0. The molecule has 0 aliphatic carbocycles. The molecule has 0 saturated carbocycles. The summed E-state index contributed by atoms with van der Waals surface area (Å²) in [5.74, 6) is -0.141. The number of benzene rings is 2. The first-order valence-electron chi connectivity index (χ1n) is 10.2. The number of hydrogen-bond donors (Lipinski definition) is 1. The van der Waals surface area contributed by atoms with Crippen molar-refractivity contribution in [1.29, 1.82) is 5.26 Å². The van der Waals surface area contributed by atoms with Crippen molar-refractivity contribution >= 4 is 40.0 Å². The van der Waals surface area contributed by atoms with Gasteiger partial charge in [0.05, 0.1) is 40.4 Å². The SMILES string of the molecule is Cc1cn(Cc2c(Cl)ccc(C(=O)N3CCC(O)CC3)c2Cl)c2c(C)cc(C#N)cc12. The Morgan fingerprint density at radius 3 is 2.58 bits per heavy atom. The second kappa shape index (κ2) is 8.55. The molecule has 0 bridgehead atoms. The van der Waals surface area contributed by atoms with Gasteiger partial charge in [0.25, 0.3) is 5.91 Å². The molecular weight excluding hydrogens is 433 g/mol. The molecule has 7 heteroatoms. The maximum atomic E-state index is 13.1. The zero-order valence-corrected chi connectivity index (χ0v) is 19.0. The molecule has 0 atom stereocenters. The molecule has 160 valence electrons. The molecule has 5 nitrogen and oxygen atoms in total. The zero-order valence-electron chi connectivity index (χ0n) is 17.5. The summed E-state index contributed by atoms with van der Waals surface area (Å²) in [7, 11) is 0. The van der Waals surface area contributed by atoms with Crippen molar-refractivity contribution in [3.63, 3.8) is 0 Å². The summed E-state index contributed by atoms with van der Waals surface area (Å²) in [6.45, 7) is 5.42. The normalized spacial score (nSPS) is 14.8. The van der Waals surface area contributed by atoms with Crippen LogP contribution in [0, 0.1) is 25.2 Å². The van der Waals surface area contributed by atoms with E-state index >= 15 is 0 Å². The fourth-order valence-electron chi connectivity index (χ4n) is 4.34. The summed E-state index contributed by atoms with van der Waals surface area (Å²) in [4.78, 5) is 14.8. The van der Waals surface area contributed by atoms with Crippen LogP contribution in [0.5, 0.6) is 0 Å². The molecule has 1 aliphatic rings. The third-order valence-corrected chi connectivity index (χ3v) is 6.77. The third kappa shape index (κ3) is 4.04. The minimum absolute atomic E-state index is 0.141. The largest absolute Gasteiger partial charge is 0.393 e. The van der Waals surface area contributed by atoms with Gasteiger partial charge < -0.3 is 14.6 Å². The first kappa shape index (κ1) is 21.7. The lowest BCUT2D eigenvalue weighted by Crippen LogP contribution is -2.40. The summed E-state index contributed by atoms with van der Waals surface area (Å²) in [6, 6.07) is 9.35. The number of piperidine rings is 1. The maximum Gasteiger partial charge on any atom is 0.255 e. The molecule has 1 fully saturated rings. The van der Waals surface area contributed by atoms with Gasteiger partial charge in [0.15, 0.2) is 0 Å². The summed E-state index contributed by atoms with van der Waals surface area (Å²) < 4.78 is 2.07. The molecule has 1 saturated heterocycles. The van der Waals surface area contributed by atoms with Gasteiger partial charge in [-0.3, -0.25) is 4.79 Å². The zero-order chi connectivity index (χ0) is 22.3. The van der Waals surface area contributed by atoms with Gasteiger partial charge in [-0.2, -0.15) is 5.26 Å². The highest BCUT2D eigenvalue weighted by Crippen LogP contribution is 2.33. The summed E-state index contributed by atoms with van der Waals surface area (Å²) >= 11 is 13.2. The fraction of sp³-hybridized carbons (Fsp3) is 0.333. The van der Waals surface area contributed by atoms with E-state index in [0.29, 0.717) is 59.2 Å². The van der Waals surface area contributed by atoms with Crippen LogP contribution >= 0.6 is 23.2 Å². The number of fused-ring (bicyclic) bond motifs is 1. The van der Waals surface area contributed by atoms with Gasteiger partial charge in [0, 0.05) is 35.3 Å². The monoisotopic (exact) mass is 455 g/mol. The van der Waals surface area contributed by atoms with Crippen molar-refractivity contribution in [3.05, 3.63) is 68.3 Å². The molecule has 2 aromatic carbocycles. The van der Waals surface area contributed by atoms with Gasteiger partial charge >= 0.3 is 0 Å². The molecule has 1 aliphatic heterocycles. The Morgan fingerprint density at radius 1 is 1.19 bits per heavy atom. The number of carbonyl (C=O) groups is 1. The quantitative estimate of drug-likeness (QED) is 0.598. The van der Waals surface area contributed by atoms with E-state index in [0.717, 1.165) is 22.0 Å². The van der Waals surface area contributed by atoms with Crippen LogP contribution in [0.15, 0.2) is 30.5 Å². The van der Waals surface area contributed by atoms with Gasteiger partial charge in [0.2, 0.25) is 0 Å². The summed E-state index contributed by atoms with van der Waals surface area (Å²) in [5, 5.41) is 20.9. The maximum absolute atomic E-state index is 13.1. The third-order valence-electron chi connectivity index (χ3n) is 5.99. The smallest absolute Gasteiger partial charge is 0.255 e. The highest BCUT2D eigenvalue weighted by atomic mass is 35.5. The molecule has 1 aromatic heterocycles. The van der Waals surface area contributed by atoms with Gasteiger partial charge in [0.1, 0.15) is 0 Å². The molecule has 4 rings (SSSR count). The number of amides is 1. The van der Waals surface area contributed by atoms with Crippen molar-refractivity contribution in [2.75, 3.05) is 13.1 Å². The van der Waals surface area contributed by atoms with Crippen LogP contribution in [0.3, 0.4) is 0 Å². The number of nitriles is 1. The van der Waals surface area contributed by atoms with Crippen LogP contribution in [0.4, 0.5) is 0 Å². The molecule has 1 amide bonds. The Labute approximate surface area is 191 Å². The predicted molar refractivity (Wildman–Crippen MR) is 123 cm³/mol. The summed E-state index contributed by atoms with van der Waals surface area (Å²) in [6.07, 6.45) is 2.81. The fourth-order valence-corrected chi connectivity index (χ4v) is 4.91. The minimum atomic E-state index is -0.352. The molecular formula is C24H23Cl2N3O2. The van der Waals surface area contributed by atoms with Crippen molar-refractivity contribution < 1.29 is 9.90 Å². The Bertz CT molecular complexity index is 1220. The second-order valence-corrected chi connectivity index (χ2v) is 8.94. The first-order chi connectivity index (χ1) is 14.8. The molecule has 3 aromatic rings. The van der Waals surface area contributed by atoms with E-state index in [1.165, 1.54) is 0 Å². The predicted octanol–water partition coefficient (Wildman–Crippen LogP) is 5.08. The van der Waals surface area contributed by atoms with Crippen molar-refractivity contribution in [2.45, 2.75) is 39.3 Å². The topological polar surface area (TPSA) is 69.3 Å². The number of aryl methyl sites for hydroxylation is 2. The van der Waals surface area contributed by atoms with E-state index in [2.05, 4.69) is 10.6 Å². The van der Waals surface area contributed by atoms with E-state index in [-0.39, 0.29) is 12.0 Å². The van der Waals surface area contributed by atoms with Crippen molar-refractivity contribution in [1.82, 2.24) is 9.47 Å². The lowest BCUT2D eigenvalue weighted by Gasteiger charge is -2.30. The van der Waals surface area contributed by atoms with Gasteiger partial charge in [-0.1, -0.05) is 23.2 Å². The van der Waals surface area contributed by atoms with E-state index in [1.54, 1.807) is 17.0 Å². The molecule has 31 heavy (non-hydrogen) atoms. The number of carbonyl (C=O) groups excluding carboxylic acids is 1. The number of aliphatic hydroxyl groups is 1. The number of halogens is 2. The lowest BCUT2D eigenvalue weighted by atomic mass is 10.0. The molecule has 1 N–H and O–H groups in total. The van der Waals surface area contributed by atoms with Crippen LogP contribution in [0.2, 0.25) is 10.0 Å². The number of nitrogens with zero attached hydrogens (tertiary/aromatic N) is 3. The Kier molecular flexibility index (Phi) is 5.98. The van der Waals surface area contributed by atoms with Gasteiger partial charge in [-0.05, 0) is 62.1 Å². The minimum Gasteiger partial charge on any atom is -0.393 e. The average Bonchev–Trinajstić information content (AvgIpc) is 3.07. The van der Waals surface area contributed by atoms with Gasteiger partial charge in [-0.15, -0.1) is 0 Å². The summed E-state index contributed by atoms with van der Waals surface area (Å²) in [5.41, 5.74) is 4.81. The second-order valence-electron chi connectivity index (χ2n) is 8.15. The van der Waals surface area contributed by atoms with Crippen LogP contribution in [-0.2, 0) is 6.54 Å². The van der Waals surface area contributed by atoms with Crippen LogP contribution in [-0.4, -0.2) is 39.7 Å². The van der Waals surface area contributed by atoms with E-state index < -0.39 is 0 Å². The molecule has 0 unspecified atom stereocenters. The van der Waals surface area contributed by atoms with Crippen LogP contribution in [0.25, 0.3) is 10.9 Å². The molecule has 2 heterocycles. The Hall–Kier alpha value is -2.52. The number of aliphatic hydroxyl groups excluding tert-OH is 1.